The molecule has 1 amide bonds. The Hall–Kier alpha value is -1.75. The van der Waals surface area contributed by atoms with Crippen LogP contribution in [0, 0.1) is 5.41 Å². The fourth-order valence-electron chi connectivity index (χ4n) is 5.40. The van der Waals surface area contributed by atoms with Crippen molar-refractivity contribution in [2.24, 2.45) is 5.41 Å². The van der Waals surface area contributed by atoms with Crippen LogP contribution < -0.4 is 9.47 Å². The standard InChI is InChI=1S/C23H34N2O3/c1-27-20-13-18(14-21(15-20)28-2)16-24-11-9-23(10-12-24)8-7-22(26)25(17-23)19-5-3-4-6-19/h13-15,19H,3-12,16-17H2,1-2H3. The summed E-state index contributed by atoms with van der Waals surface area (Å²) in [6.07, 6.45) is 9.24. The Morgan fingerprint density at radius 2 is 1.64 bits per heavy atom. The first kappa shape index (κ1) is 19.6. The zero-order valence-electron chi connectivity index (χ0n) is 17.4. The molecule has 1 spiro atoms. The molecule has 28 heavy (non-hydrogen) atoms. The maximum absolute atomic E-state index is 12.5. The fraction of sp³-hybridized carbons (Fsp3) is 0.696. The number of carbonyl (C=O) groups is 1. The molecule has 0 radical (unpaired) electrons. The van der Waals surface area contributed by atoms with Gasteiger partial charge >= 0.3 is 0 Å². The fourth-order valence-corrected chi connectivity index (χ4v) is 5.40. The average molecular weight is 387 g/mol. The van der Waals surface area contributed by atoms with Crippen LogP contribution in [0.2, 0.25) is 0 Å². The van der Waals surface area contributed by atoms with Crippen molar-refractivity contribution in [3.05, 3.63) is 23.8 Å². The highest BCUT2D eigenvalue weighted by Gasteiger charge is 2.43. The number of piperidine rings is 2. The number of hydrogen-bond donors (Lipinski definition) is 0. The summed E-state index contributed by atoms with van der Waals surface area (Å²) in [5.41, 5.74) is 1.58. The van der Waals surface area contributed by atoms with E-state index in [1.54, 1.807) is 14.2 Å². The number of benzene rings is 1. The van der Waals surface area contributed by atoms with Gasteiger partial charge in [-0.3, -0.25) is 9.69 Å². The molecule has 1 aromatic carbocycles. The Bertz CT molecular complexity index is 669. The number of likely N-dealkylation sites (tertiary alicyclic amines) is 2. The third-order valence-electron chi connectivity index (χ3n) is 7.19. The van der Waals surface area contributed by atoms with Crippen LogP contribution in [0.5, 0.6) is 11.5 Å². The van der Waals surface area contributed by atoms with E-state index >= 15 is 0 Å². The van der Waals surface area contributed by atoms with Gasteiger partial charge in [0.15, 0.2) is 0 Å². The summed E-state index contributed by atoms with van der Waals surface area (Å²) in [6, 6.07) is 6.65. The molecule has 0 atom stereocenters. The number of amides is 1. The summed E-state index contributed by atoms with van der Waals surface area (Å²) in [7, 11) is 3.40. The largest absolute Gasteiger partial charge is 0.497 e. The Labute approximate surface area is 169 Å². The molecule has 2 aliphatic heterocycles. The van der Waals surface area contributed by atoms with E-state index in [1.807, 2.05) is 6.07 Å². The number of rotatable bonds is 5. The molecule has 0 unspecified atom stereocenters. The molecule has 154 valence electrons. The van der Waals surface area contributed by atoms with Crippen LogP contribution in [0.4, 0.5) is 0 Å². The Kier molecular flexibility index (Phi) is 5.81. The normalized spacial score (nSPS) is 23.4. The molecule has 5 nitrogen and oxygen atoms in total. The summed E-state index contributed by atoms with van der Waals surface area (Å²) in [4.78, 5) is 17.3. The topological polar surface area (TPSA) is 42.0 Å². The zero-order chi connectivity index (χ0) is 19.6. The molecule has 0 N–H and O–H groups in total. The van der Waals surface area contributed by atoms with Crippen molar-refractivity contribution in [2.45, 2.75) is 64.0 Å². The lowest BCUT2D eigenvalue weighted by Crippen LogP contribution is -2.53. The quantitative estimate of drug-likeness (QED) is 0.771. The van der Waals surface area contributed by atoms with E-state index in [0.29, 0.717) is 17.4 Å². The van der Waals surface area contributed by atoms with Crippen molar-refractivity contribution in [1.82, 2.24) is 9.80 Å². The summed E-state index contributed by atoms with van der Waals surface area (Å²) in [6.45, 7) is 4.13. The highest BCUT2D eigenvalue weighted by molar-refractivity contribution is 5.77. The van der Waals surface area contributed by atoms with E-state index in [4.69, 9.17) is 9.47 Å². The molecule has 2 saturated heterocycles. The van der Waals surface area contributed by atoms with Gasteiger partial charge in [0.2, 0.25) is 5.91 Å². The van der Waals surface area contributed by atoms with Gasteiger partial charge in [0.25, 0.3) is 0 Å². The van der Waals surface area contributed by atoms with Crippen LogP contribution in [0.25, 0.3) is 0 Å². The van der Waals surface area contributed by atoms with Crippen molar-refractivity contribution in [3.63, 3.8) is 0 Å². The molecular formula is C23H34N2O3. The van der Waals surface area contributed by atoms with Crippen LogP contribution in [-0.4, -0.2) is 55.6 Å². The van der Waals surface area contributed by atoms with Gasteiger partial charge in [-0.25, -0.2) is 0 Å². The van der Waals surface area contributed by atoms with Gasteiger partial charge in [0, 0.05) is 31.6 Å². The third-order valence-corrected chi connectivity index (χ3v) is 7.19. The maximum Gasteiger partial charge on any atom is 0.222 e. The first-order valence-electron chi connectivity index (χ1n) is 10.8. The van der Waals surface area contributed by atoms with E-state index in [0.717, 1.165) is 50.5 Å². The van der Waals surface area contributed by atoms with Gasteiger partial charge in [0.1, 0.15) is 11.5 Å². The van der Waals surface area contributed by atoms with Crippen molar-refractivity contribution in [1.29, 1.82) is 0 Å². The summed E-state index contributed by atoms with van der Waals surface area (Å²) >= 11 is 0. The lowest BCUT2D eigenvalue weighted by Gasteiger charge is -2.49. The Morgan fingerprint density at radius 1 is 1.00 bits per heavy atom. The smallest absolute Gasteiger partial charge is 0.222 e. The molecule has 1 saturated carbocycles. The van der Waals surface area contributed by atoms with E-state index in [-0.39, 0.29) is 0 Å². The van der Waals surface area contributed by atoms with Crippen LogP contribution in [-0.2, 0) is 11.3 Å². The average Bonchev–Trinajstić information content (AvgIpc) is 3.26. The molecule has 4 rings (SSSR count). The Balaban J connectivity index is 1.37. The van der Waals surface area contributed by atoms with Gasteiger partial charge in [0.05, 0.1) is 14.2 Å². The SMILES string of the molecule is COc1cc(CN2CCC3(CCC(=O)N(C4CCCC4)C3)CC2)cc(OC)c1. The van der Waals surface area contributed by atoms with Crippen LogP contribution in [0.15, 0.2) is 18.2 Å². The summed E-state index contributed by atoms with van der Waals surface area (Å²) in [5.74, 6) is 2.10. The van der Waals surface area contributed by atoms with Crippen molar-refractivity contribution in [2.75, 3.05) is 33.9 Å². The number of hydrogen-bond acceptors (Lipinski definition) is 4. The van der Waals surface area contributed by atoms with E-state index in [1.165, 1.54) is 44.1 Å². The minimum atomic E-state index is 0.346. The second-order valence-corrected chi connectivity index (χ2v) is 8.96. The first-order chi connectivity index (χ1) is 13.6. The molecule has 3 aliphatic rings. The molecule has 1 aromatic rings. The van der Waals surface area contributed by atoms with E-state index < -0.39 is 0 Å². The highest BCUT2D eigenvalue weighted by Crippen LogP contribution is 2.42. The minimum absolute atomic E-state index is 0.346. The number of carbonyl (C=O) groups excluding carboxylic acids is 1. The van der Waals surface area contributed by atoms with Crippen molar-refractivity contribution < 1.29 is 14.3 Å². The number of ether oxygens (including phenoxy) is 2. The molecule has 3 fully saturated rings. The highest BCUT2D eigenvalue weighted by atomic mass is 16.5. The molecule has 2 heterocycles. The van der Waals surface area contributed by atoms with Crippen LogP contribution in [0.3, 0.4) is 0 Å². The van der Waals surface area contributed by atoms with Gasteiger partial charge in [-0.05, 0) is 68.3 Å². The van der Waals surface area contributed by atoms with Crippen molar-refractivity contribution >= 4 is 5.91 Å². The number of methoxy groups -OCH3 is 2. The summed E-state index contributed by atoms with van der Waals surface area (Å²) < 4.78 is 10.8. The zero-order valence-corrected chi connectivity index (χ0v) is 17.4. The lowest BCUT2D eigenvalue weighted by atomic mass is 9.72. The molecule has 1 aliphatic carbocycles. The monoisotopic (exact) mass is 386 g/mol. The minimum Gasteiger partial charge on any atom is -0.497 e. The van der Waals surface area contributed by atoms with Crippen molar-refractivity contribution in [3.8, 4) is 11.5 Å². The van der Waals surface area contributed by atoms with E-state index in [2.05, 4.69) is 21.9 Å². The summed E-state index contributed by atoms with van der Waals surface area (Å²) in [5, 5.41) is 0. The second-order valence-electron chi connectivity index (χ2n) is 8.96. The van der Waals surface area contributed by atoms with Gasteiger partial charge in [-0.15, -0.1) is 0 Å². The Morgan fingerprint density at radius 3 is 2.25 bits per heavy atom. The predicted molar refractivity (Wildman–Crippen MR) is 110 cm³/mol. The molecular weight excluding hydrogens is 352 g/mol. The van der Waals surface area contributed by atoms with Gasteiger partial charge in [-0.1, -0.05) is 12.8 Å². The molecule has 0 bridgehead atoms. The first-order valence-corrected chi connectivity index (χ1v) is 10.8. The molecule has 0 aromatic heterocycles. The second kappa shape index (κ2) is 8.32. The van der Waals surface area contributed by atoms with Crippen LogP contribution in [0.1, 0.15) is 56.9 Å². The van der Waals surface area contributed by atoms with Gasteiger partial charge in [-0.2, -0.15) is 0 Å². The van der Waals surface area contributed by atoms with E-state index in [9.17, 15) is 4.79 Å². The number of nitrogens with zero attached hydrogens (tertiary/aromatic N) is 2. The maximum atomic E-state index is 12.5. The van der Waals surface area contributed by atoms with Crippen LogP contribution >= 0.6 is 0 Å². The third kappa shape index (κ3) is 4.14. The lowest BCUT2D eigenvalue weighted by molar-refractivity contribution is -0.142. The molecule has 5 heteroatoms. The van der Waals surface area contributed by atoms with Gasteiger partial charge < -0.3 is 14.4 Å². The predicted octanol–water partition coefficient (Wildman–Crippen LogP) is 3.85.